The van der Waals surface area contributed by atoms with Crippen LogP contribution in [-0.4, -0.2) is 21.8 Å². The van der Waals surface area contributed by atoms with Crippen molar-refractivity contribution in [1.82, 2.24) is 20.1 Å². The van der Waals surface area contributed by atoms with Crippen molar-refractivity contribution in [2.75, 3.05) is 7.05 Å². The summed E-state index contributed by atoms with van der Waals surface area (Å²) >= 11 is 0. The lowest BCUT2D eigenvalue weighted by atomic mass is 10.1. The number of rotatable bonds is 5. The Morgan fingerprint density at radius 1 is 1.20 bits per heavy atom. The molecule has 0 radical (unpaired) electrons. The Balaban J connectivity index is 1.92. The van der Waals surface area contributed by atoms with Crippen LogP contribution in [0.15, 0.2) is 34.9 Å². The summed E-state index contributed by atoms with van der Waals surface area (Å²) in [6.07, 6.45) is 2.83. The predicted molar refractivity (Wildman–Crippen MR) is 77.5 cm³/mol. The highest BCUT2D eigenvalue weighted by atomic mass is 16.4. The first-order valence-electron chi connectivity index (χ1n) is 6.83. The number of aromatic nitrogens is 3. The van der Waals surface area contributed by atoms with Crippen LogP contribution in [0.3, 0.4) is 0 Å². The topological polar surface area (TPSA) is 55.9 Å². The molecule has 0 aliphatic rings. The molecule has 1 aromatic carbocycles. The molecule has 3 aromatic rings. The highest BCUT2D eigenvalue weighted by Gasteiger charge is 2.08. The average molecular weight is 270 g/mol. The molecule has 0 amide bonds. The molecule has 0 unspecified atom stereocenters. The van der Waals surface area contributed by atoms with Crippen molar-refractivity contribution >= 4 is 10.9 Å². The molecule has 5 nitrogen and oxygen atoms in total. The molecule has 3 rings (SSSR count). The van der Waals surface area contributed by atoms with Gasteiger partial charge >= 0.3 is 0 Å². The van der Waals surface area contributed by atoms with Crippen molar-refractivity contribution in [3.8, 4) is 0 Å². The minimum absolute atomic E-state index is 0.611. The number of hydrogen-bond donors (Lipinski definition) is 1. The number of aryl methyl sites for hydroxylation is 1. The van der Waals surface area contributed by atoms with Crippen LogP contribution in [0.5, 0.6) is 0 Å². The van der Waals surface area contributed by atoms with Crippen LogP contribution in [0.1, 0.15) is 24.3 Å². The summed E-state index contributed by atoms with van der Waals surface area (Å²) in [4.78, 5) is 0. The van der Waals surface area contributed by atoms with Crippen LogP contribution < -0.4 is 5.32 Å². The zero-order valence-corrected chi connectivity index (χ0v) is 11.8. The van der Waals surface area contributed by atoms with E-state index in [1.807, 2.05) is 14.0 Å². The van der Waals surface area contributed by atoms with E-state index in [4.69, 9.17) is 4.42 Å². The SMILES string of the molecule is CCc1nnc(Cn2ccc3ccc(CNC)cc32)o1. The molecule has 0 saturated heterocycles. The van der Waals surface area contributed by atoms with E-state index in [0.29, 0.717) is 18.3 Å². The maximum Gasteiger partial charge on any atom is 0.236 e. The summed E-state index contributed by atoms with van der Waals surface area (Å²) in [6, 6.07) is 8.59. The second-order valence-electron chi connectivity index (χ2n) is 4.81. The molecule has 0 aliphatic carbocycles. The number of hydrogen-bond acceptors (Lipinski definition) is 4. The van der Waals surface area contributed by atoms with E-state index < -0.39 is 0 Å². The predicted octanol–water partition coefficient (Wildman–Crippen LogP) is 2.35. The minimum atomic E-state index is 0.611. The summed E-state index contributed by atoms with van der Waals surface area (Å²) < 4.78 is 7.72. The highest BCUT2D eigenvalue weighted by Crippen LogP contribution is 2.19. The summed E-state index contributed by atoms with van der Waals surface area (Å²) in [6.45, 7) is 3.48. The van der Waals surface area contributed by atoms with Crippen LogP contribution in [0.4, 0.5) is 0 Å². The molecule has 0 bridgehead atoms. The van der Waals surface area contributed by atoms with Crippen LogP contribution >= 0.6 is 0 Å². The molecule has 0 saturated carbocycles. The van der Waals surface area contributed by atoms with E-state index >= 15 is 0 Å². The molecule has 2 heterocycles. The highest BCUT2D eigenvalue weighted by molar-refractivity contribution is 5.80. The monoisotopic (exact) mass is 270 g/mol. The molecule has 0 aliphatic heterocycles. The molecular formula is C15H18N4O. The zero-order valence-electron chi connectivity index (χ0n) is 11.8. The minimum Gasteiger partial charge on any atom is -0.423 e. The molecule has 5 heteroatoms. The van der Waals surface area contributed by atoms with Crippen LogP contribution in [-0.2, 0) is 19.5 Å². The largest absolute Gasteiger partial charge is 0.423 e. The lowest BCUT2D eigenvalue weighted by Gasteiger charge is -2.04. The normalized spacial score (nSPS) is 11.3. The Kier molecular flexibility index (Phi) is 3.52. The average Bonchev–Trinajstić information content (AvgIpc) is 3.07. The standard InChI is InChI=1S/C15H18N4O/c1-3-14-17-18-15(20-14)10-19-7-6-12-5-4-11(9-16-2)8-13(12)19/h4-8,16H,3,9-10H2,1-2H3. The van der Waals surface area contributed by atoms with Gasteiger partial charge in [0, 0.05) is 24.7 Å². The molecule has 1 N–H and O–H groups in total. The van der Waals surface area contributed by atoms with Gasteiger partial charge < -0.3 is 14.3 Å². The maximum absolute atomic E-state index is 5.58. The number of nitrogens with one attached hydrogen (secondary N) is 1. The lowest BCUT2D eigenvalue weighted by molar-refractivity contribution is 0.444. The van der Waals surface area contributed by atoms with Crippen molar-refractivity contribution in [2.45, 2.75) is 26.4 Å². The van der Waals surface area contributed by atoms with Gasteiger partial charge in [-0.3, -0.25) is 0 Å². The molecular weight excluding hydrogens is 252 g/mol. The van der Waals surface area contributed by atoms with Crippen molar-refractivity contribution in [2.24, 2.45) is 0 Å². The van der Waals surface area contributed by atoms with E-state index in [2.05, 4.69) is 50.5 Å². The van der Waals surface area contributed by atoms with Crippen molar-refractivity contribution in [3.63, 3.8) is 0 Å². The molecule has 0 atom stereocenters. The third-order valence-electron chi connectivity index (χ3n) is 3.34. The number of benzene rings is 1. The van der Waals surface area contributed by atoms with Gasteiger partial charge in [-0.15, -0.1) is 10.2 Å². The van der Waals surface area contributed by atoms with E-state index in [9.17, 15) is 0 Å². The third-order valence-corrected chi connectivity index (χ3v) is 3.34. The summed E-state index contributed by atoms with van der Waals surface area (Å²) in [5.41, 5.74) is 2.45. The van der Waals surface area contributed by atoms with Gasteiger partial charge in [0.1, 0.15) is 6.54 Å². The Bertz CT molecular complexity index is 714. The van der Waals surface area contributed by atoms with Crippen LogP contribution in [0, 0.1) is 0 Å². The summed E-state index contributed by atoms with van der Waals surface area (Å²) in [5.74, 6) is 1.34. The van der Waals surface area contributed by atoms with Crippen LogP contribution in [0.25, 0.3) is 10.9 Å². The smallest absolute Gasteiger partial charge is 0.236 e. The van der Waals surface area contributed by atoms with Gasteiger partial charge in [0.2, 0.25) is 11.8 Å². The van der Waals surface area contributed by atoms with Gasteiger partial charge in [-0.2, -0.15) is 0 Å². The quantitative estimate of drug-likeness (QED) is 0.773. The second-order valence-corrected chi connectivity index (χ2v) is 4.81. The first kappa shape index (κ1) is 12.9. The molecule has 0 spiro atoms. The molecule has 2 aromatic heterocycles. The van der Waals surface area contributed by atoms with E-state index in [0.717, 1.165) is 13.0 Å². The maximum atomic E-state index is 5.58. The first-order valence-corrected chi connectivity index (χ1v) is 6.83. The summed E-state index contributed by atoms with van der Waals surface area (Å²) in [5, 5.41) is 12.5. The number of nitrogens with zero attached hydrogens (tertiary/aromatic N) is 3. The van der Waals surface area contributed by atoms with E-state index in [1.54, 1.807) is 0 Å². The fraction of sp³-hybridized carbons (Fsp3) is 0.333. The van der Waals surface area contributed by atoms with E-state index in [-0.39, 0.29) is 0 Å². The number of fused-ring (bicyclic) bond motifs is 1. The van der Waals surface area contributed by atoms with Gasteiger partial charge in [-0.05, 0) is 30.1 Å². The Hall–Kier alpha value is -2.14. The van der Waals surface area contributed by atoms with Crippen molar-refractivity contribution in [1.29, 1.82) is 0 Å². The second kappa shape index (κ2) is 5.46. The molecule has 0 fully saturated rings. The fourth-order valence-corrected chi connectivity index (χ4v) is 2.32. The van der Waals surface area contributed by atoms with Gasteiger partial charge in [0.25, 0.3) is 0 Å². The molecule has 20 heavy (non-hydrogen) atoms. The Labute approximate surface area is 117 Å². The van der Waals surface area contributed by atoms with Crippen molar-refractivity contribution < 1.29 is 4.42 Å². The van der Waals surface area contributed by atoms with Gasteiger partial charge in [-0.25, -0.2) is 0 Å². The fourth-order valence-electron chi connectivity index (χ4n) is 2.32. The van der Waals surface area contributed by atoms with Gasteiger partial charge in [0.15, 0.2) is 0 Å². The van der Waals surface area contributed by atoms with E-state index in [1.165, 1.54) is 16.5 Å². The third kappa shape index (κ3) is 2.44. The Morgan fingerprint density at radius 2 is 2.05 bits per heavy atom. The van der Waals surface area contributed by atoms with Crippen molar-refractivity contribution in [3.05, 3.63) is 47.8 Å². The Morgan fingerprint density at radius 3 is 2.80 bits per heavy atom. The zero-order chi connectivity index (χ0) is 13.9. The van der Waals surface area contributed by atoms with Crippen LogP contribution in [0.2, 0.25) is 0 Å². The van der Waals surface area contributed by atoms with Gasteiger partial charge in [0.05, 0.1) is 0 Å². The summed E-state index contributed by atoms with van der Waals surface area (Å²) in [7, 11) is 1.95. The molecule has 104 valence electrons. The lowest BCUT2D eigenvalue weighted by Crippen LogP contribution is -2.05. The first-order chi connectivity index (χ1) is 9.80. The van der Waals surface area contributed by atoms with Gasteiger partial charge in [-0.1, -0.05) is 19.1 Å².